The minimum atomic E-state index is 0. The van der Waals surface area contributed by atoms with Crippen molar-refractivity contribution in [1.82, 2.24) is 5.32 Å². The lowest BCUT2D eigenvalue weighted by Gasteiger charge is -1.99. The molecule has 0 unspecified atom stereocenters. The number of hydrogen-bond donors (Lipinski definition) is 1. The van der Waals surface area contributed by atoms with Crippen LogP contribution in [0.4, 0.5) is 0 Å². The summed E-state index contributed by atoms with van der Waals surface area (Å²) in [4.78, 5) is 0. The Labute approximate surface area is 79.9 Å². The molecule has 0 bridgehead atoms. The summed E-state index contributed by atoms with van der Waals surface area (Å²) in [5.41, 5.74) is 1.31. The van der Waals surface area contributed by atoms with E-state index >= 15 is 0 Å². The van der Waals surface area contributed by atoms with Gasteiger partial charge in [0.25, 0.3) is 0 Å². The van der Waals surface area contributed by atoms with Gasteiger partial charge in [-0.25, -0.2) is 0 Å². The van der Waals surface area contributed by atoms with E-state index in [0.29, 0.717) is 0 Å². The Morgan fingerprint density at radius 3 is 2.50 bits per heavy atom. The smallest absolute Gasteiger partial charge is 0.0208 e. The van der Waals surface area contributed by atoms with E-state index in [9.17, 15) is 0 Å². The van der Waals surface area contributed by atoms with Crippen molar-refractivity contribution in [1.29, 1.82) is 0 Å². The van der Waals surface area contributed by atoms with Crippen molar-refractivity contribution < 1.29 is 0 Å². The van der Waals surface area contributed by atoms with Crippen LogP contribution in [0.1, 0.15) is 5.56 Å². The van der Waals surface area contributed by atoms with Crippen LogP contribution in [0.25, 0.3) is 0 Å². The predicted molar refractivity (Wildman–Crippen MR) is 55.6 cm³/mol. The van der Waals surface area contributed by atoms with E-state index in [1.54, 1.807) is 0 Å². The van der Waals surface area contributed by atoms with Crippen LogP contribution in [-0.4, -0.2) is 6.54 Å². The van der Waals surface area contributed by atoms with Crippen LogP contribution in [-0.2, 0) is 6.54 Å². The molecule has 0 aromatic heterocycles. The van der Waals surface area contributed by atoms with Crippen molar-refractivity contribution in [2.75, 3.05) is 6.54 Å². The van der Waals surface area contributed by atoms with Gasteiger partial charge in [-0.05, 0) is 5.56 Å². The van der Waals surface area contributed by atoms with Gasteiger partial charge in [-0.1, -0.05) is 36.4 Å². The third-order valence-corrected chi connectivity index (χ3v) is 1.46. The zero-order valence-corrected chi connectivity index (χ0v) is 7.81. The van der Waals surface area contributed by atoms with Gasteiger partial charge in [-0.3, -0.25) is 0 Å². The molecule has 0 saturated carbocycles. The van der Waals surface area contributed by atoms with Crippen molar-refractivity contribution in [3.05, 3.63) is 48.6 Å². The normalized spacial score (nSPS) is 8.67. The maximum atomic E-state index is 3.63. The second kappa shape index (κ2) is 6.89. The molecule has 1 aromatic rings. The molecule has 0 fully saturated rings. The molecule has 1 nitrogen and oxygen atoms in total. The summed E-state index contributed by atoms with van der Waals surface area (Å²) in [6.07, 6.45) is 1.86. The molecule has 1 rings (SSSR count). The maximum Gasteiger partial charge on any atom is 0.0208 e. The first-order chi connectivity index (χ1) is 5.43. The zero-order chi connectivity index (χ0) is 7.94. The van der Waals surface area contributed by atoms with Crippen molar-refractivity contribution >= 4 is 12.4 Å². The molecule has 0 spiro atoms. The highest BCUT2D eigenvalue weighted by Crippen LogP contribution is 1.96. The van der Waals surface area contributed by atoms with Crippen molar-refractivity contribution in [2.24, 2.45) is 0 Å². The van der Waals surface area contributed by atoms with Crippen LogP contribution in [0.2, 0.25) is 0 Å². The monoisotopic (exact) mass is 183 g/mol. The molecule has 66 valence electrons. The molecule has 0 aliphatic rings. The average molecular weight is 184 g/mol. The topological polar surface area (TPSA) is 12.0 Å². The molecule has 0 atom stereocenters. The van der Waals surface area contributed by atoms with Crippen LogP contribution in [0.3, 0.4) is 0 Å². The largest absolute Gasteiger partial charge is 0.309 e. The molecule has 0 heterocycles. The third-order valence-electron chi connectivity index (χ3n) is 1.46. The second-order valence-electron chi connectivity index (χ2n) is 2.41. The molecule has 12 heavy (non-hydrogen) atoms. The van der Waals surface area contributed by atoms with Crippen LogP contribution >= 0.6 is 12.4 Å². The van der Waals surface area contributed by atoms with Crippen LogP contribution in [0.5, 0.6) is 0 Å². The van der Waals surface area contributed by atoms with Crippen LogP contribution in [0, 0.1) is 0 Å². The second-order valence-corrected chi connectivity index (χ2v) is 2.41. The Hall–Kier alpha value is -0.790. The van der Waals surface area contributed by atoms with Gasteiger partial charge in [-0.15, -0.1) is 19.0 Å². The van der Waals surface area contributed by atoms with Crippen molar-refractivity contribution in [3.63, 3.8) is 0 Å². The third kappa shape index (κ3) is 4.16. The first-order valence-corrected chi connectivity index (χ1v) is 3.79. The molecular weight excluding hydrogens is 170 g/mol. The summed E-state index contributed by atoms with van der Waals surface area (Å²) in [5.74, 6) is 0. The number of hydrogen-bond acceptors (Lipinski definition) is 1. The molecular formula is C10H14ClN. The zero-order valence-electron chi connectivity index (χ0n) is 6.99. The number of halogens is 1. The highest BCUT2D eigenvalue weighted by atomic mass is 35.5. The molecule has 0 amide bonds. The Morgan fingerprint density at radius 1 is 1.25 bits per heavy atom. The van der Waals surface area contributed by atoms with Gasteiger partial charge in [0.2, 0.25) is 0 Å². The lowest BCUT2D eigenvalue weighted by Crippen LogP contribution is -2.12. The Morgan fingerprint density at radius 2 is 1.92 bits per heavy atom. The van der Waals surface area contributed by atoms with Gasteiger partial charge >= 0.3 is 0 Å². The summed E-state index contributed by atoms with van der Waals surface area (Å²) in [6, 6.07) is 10.3. The summed E-state index contributed by atoms with van der Waals surface area (Å²) >= 11 is 0. The minimum absolute atomic E-state index is 0. The van der Waals surface area contributed by atoms with E-state index in [1.807, 2.05) is 24.3 Å². The number of nitrogens with one attached hydrogen (secondary N) is 1. The molecule has 0 radical (unpaired) electrons. The number of benzene rings is 1. The first-order valence-electron chi connectivity index (χ1n) is 3.79. The summed E-state index contributed by atoms with van der Waals surface area (Å²) in [7, 11) is 0. The van der Waals surface area contributed by atoms with Gasteiger partial charge in [0.1, 0.15) is 0 Å². The Kier molecular flexibility index (Phi) is 6.44. The fraction of sp³-hybridized carbons (Fsp3) is 0.200. The molecule has 0 aliphatic carbocycles. The lowest BCUT2D eigenvalue weighted by atomic mass is 10.2. The fourth-order valence-corrected chi connectivity index (χ4v) is 0.914. The van der Waals surface area contributed by atoms with E-state index in [2.05, 4.69) is 24.0 Å². The Bertz CT molecular complexity index is 208. The molecule has 2 heteroatoms. The Balaban J connectivity index is 0.00000121. The molecule has 1 N–H and O–H groups in total. The first kappa shape index (κ1) is 11.2. The summed E-state index contributed by atoms with van der Waals surface area (Å²) < 4.78 is 0. The van der Waals surface area contributed by atoms with Crippen molar-refractivity contribution in [2.45, 2.75) is 6.54 Å². The summed E-state index contributed by atoms with van der Waals surface area (Å²) in [5, 5.41) is 3.23. The van der Waals surface area contributed by atoms with E-state index in [4.69, 9.17) is 0 Å². The predicted octanol–water partition coefficient (Wildman–Crippen LogP) is 2.38. The van der Waals surface area contributed by atoms with Gasteiger partial charge in [0.05, 0.1) is 0 Å². The van der Waals surface area contributed by atoms with E-state index < -0.39 is 0 Å². The average Bonchev–Trinajstić information content (AvgIpc) is 2.07. The van der Waals surface area contributed by atoms with E-state index in [1.165, 1.54) is 5.56 Å². The minimum Gasteiger partial charge on any atom is -0.309 e. The highest BCUT2D eigenvalue weighted by molar-refractivity contribution is 5.85. The van der Waals surface area contributed by atoms with Gasteiger partial charge in [-0.2, -0.15) is 0 Å². The standard InChI is InChI=1S/C10H13N.ClH/c1-2-8-11-9-10-6-4-3-5-7-10;/h2-7,11H,1,8-9H2;1H. The summed E-state index contributed by atoms with van der Waals surface area (Å²) in [6.45, 7) is 5.42. The molecule has 1 aromatic carbocycles. The maximum absolute atomic E-state index is 3.63. The van der Waals surface area contributed by atoms with E-state index in [-0.39, 0.29) is 12.4 Å². The van der Waals surface area contributed by atoms with Gasteiger partial charge < -0.3 is 5.32 Å². The van der Waals surface area contributed by atoms with Crippen LogP contribution in [0.15, 0.2) is 43.0 Å². The highest BCUT2D eigenvalue weighted by Gasteiger charge is 1.86. The fourth-order valence-electron chi connectivity index (χ4n) is 0.914. The van der Waals surface area contributed by atoms with Gasteiger partial charge in [0.15, 0.2) is 0 Å². The van der Waals surface area contributed by atoms with E-state index in [0.717, 1.165) is 13.1 Å². The quantitative estimate of drug-likeness (QED) is 0.559. The molecule has 0 aliphatic heterocycles. The SMILES string of the molecule is C=CCNCc1ccccc1.Cl. The van der Waals surface area contributed by atoms with Crippen molar-refractivity contribution in [3.8, 4) is 0 Å². The van der Waals surface area contributed by atoms with Crippen LogP contribution < -0.4 is 5.32 Å². The van der Waals surface area contributed by atoms with Gasteiger partial charge in [0, 0.05) is 13.1 Å². The number of rotatable bonds is 4. The lowest BCUT2D eigenvalue weighted by molar-refractivity contribution is 0.760. The molecule has 0 saturated heterocycles.